The number of anilines is 3. The molecule has 0 radical (unpaired) electrons. The first-order valence-corrected chi connectivity index (χ1v) is 11.4. The maximum Gasteiger partial charge on any atom is 0.290 e. The molecule has 35 heavy (non-hydrogen) atoms. The lowest BCUT2D eigenvalue weighted by Crippen LogP contribution is -2.21. The molecular formula is C26H24N6O3. The van der Waals surface area contributed by atoms with Crippen molar-refractivity contribution in [2.24, 2.45) is 4.99 Å². The highest BCUT2D eigenvalue weighted by Crippen LogP contribution is 2.31. The van der Waals surface area contributed by atoms with Crippen molar-refractivity contribution in [3.05, 3.63) is 72.3 Å². The molecule has 2 aliphatic heterocycles. The lowest BCUT2D eigenvalue weighted by molar-refractivity contribution is 0.138. The van der Waals surface area contributed by atoms with Gasteiger partial charge in [-0.15, -0.1) is 0 Å². The van der Waals surface area contributed by atoms with Crippen molar-refractivity contribution in [1.82, 2.24) is 15.0 Å². The molecular weight excluding hydrogens is 444 g/mol. The SMILES string of the molecule is Cc1ccc(Oc2ccc(Nc3ncnc4ccc(NC5=NC6COCC6O5)cc34)cc2C)cn1. The second-order valence-corrected chi connectivity index (χ2v) is 8.62. The maximum absolute atomic E-state index is 5.99. The highest BCUT2D eigenvalue weighted by atomic mass is 16.6. The lowest BCUT2D eigenvalue weighted by atomic mass is 10.1. The van der Waals surface area contributed by atoms with E-state index in [0.717, 1.165) is 39.3 Å². The number of rotatable bonds is 5. The Kier molecular flexibility index (Phi) is 5.38. The summed E-state index contributed by atoms with van der Waals surface area (Å²) in [5.74, 6) is 2.18. The van der Waals surface area contributed by atoms with Crippen molar-refractivity contribution in [2.45, 2.75) is 26.0 Å². The third-order valence-corrected chi connectivity index (χ3v) is 5.98. The number of ether oxygens (including phenoxy) is 3. The maximum atomic E-state index is 5.99. The highest BCUT2D eigenvalue weighted by molar-refractivity contribution is 5.97. The molecule has 0 saturated carbocycles. The summed E-state index contributed by atoms with van der Waals surface area (Å²) < 4.78 is 17.2. The third kappa shape index (κ3) is 4.45. The number of aromatic nitrogens is 3. The van der Waals surface area contributed by atoms with E-state index in [4.69, 9.17) is 14.2 Å². The number of aryl methyl sites for hydroxylation is 2. The fourth-order valence-corrected chi connectivity index (χ4v) is 4.12. The molecule has 9 nitrogen and oxygen atoms in total. The quantitative estimate of drug-likeness (QED) is 0.433. The van der Waals surface area contributed by atoms with Crippen LogP contribution in [0.25, 0.3) is 10.9 Å². The third-order valence-electron chi connectivity index (χ3n) is 5.98. The minimum atomic E-state index is -0.00372. The zero-order chi connectivity index (χ0) is 23.8. The summed E-state index contributed by atoms with van der Waals surface area (Å²) in [6.45, 7) is 5.12. The van der Waals surface area contributed by atoms with Crippen LogP contribution in [-0.4, -0.2) is 46.3 Å². The first kappa shape index (κ1) is 21.3. The number of nitrogens with one attached hydrogen (secondary N) is 2. The van der Waals surface area contributed by atoms with Crippen molar-refractivity contribution in [3.63, 3.8) is 0 Å². The Morgan fingerprint density at radius 1 is 0.914 bits per heavy atom. The van der Waals surface area contributed by atoms with E-state index >= 15 is 0 Å². The van der Waals surface area contributed by atoms with Crippen LogP contribution in [0.1, 0.15) is 11.3 Å². The van der Waals surface area contributed by atoms with Gasteiger partial charge in [-0.2, -0.15) is 0 Å². The standard InChI is InChI=1S/C26H24N6O3/c1-15-9-17(5-8-23(15)34-19-6-3-16(2)27-11-19)30-25-20-10-18(4-7-21(20)28-14-29-25)31-26-32-22-12-33-13-24(22)35-26/h3-11,14,22,24H,12-13H2,1-2H3,(H,31,32)(H,28,29,30). The van der Waals surface area contributed by atoms with Crippen LogP contribution in [-0.2, 0) is 9.47 Å². The Balaban J connectivity index is 1.22. The Hall–Kier alpha value is -4.24. The average molecular weight is 469 g/mol. The van der Waals surface area contributed by atoms with Crippen molar-refractivity contribution >= 4 is 34.1 Å². The molecule has 2 N–H and O–H groups in total. The summed E-state index contributed by atoms with van der Waals surface area (Å²) in [5.41, 5.74) is 4.51. The molecule has 2 aliphatic rings. The fourth-order valence-electron chi connectivity index (χ4n) is 4.12. The van der Waals surface area contributed by atoms with Crippen LogP contribution in [0.5, 0.6) is 11.5 Å². The number of hydrogen-bond acceptors (Lipinski definition) is 9. The van der Waals surface area contributed by atoms with E-state index in [1.807, 2.05) is 62.4 Å². The second-order valence-electron chi connectivity index (χ2n) is 8.62. The van der Waals surface area contributed by atoms with Crippen molar-refractivity contribution < 1.29 is 14.2 Å². The number of hydrogen-bond donors (Lipinski definition) is 2. The lowest BCUT2D eigenvalue weighted by Gasteiger charge is -2.13. The van der Waals surface area contributed by atoms with E-state index in [2.05, 4.69) is 30.6 Å². The second kappa shape index (κ2) is 8.84. The molecule has 1 saturated heterocycles. The minimum Gasteiger partial charge on any atom is -0.457 e. The van der Waals surface area contributed by atoms with Crippen LogP contribution in [0.3, 0.4) is 0 Å². The summed E-state index contributed by atoms with van der Waals surface area (Å²) in [5, 5.41) is 7.56. The monoisotopic (exact) mass is 468 g/mol. The smallest absolute Gasteiger partial charge is 0.290 e. The zero-order valence-electron chi connectivity index (χ0n) is 19.4. The Morgan fingerprint density at radius 3 is 2.63 bits per heavy atom. The van der Waals surface area contributed by atoms with Gasteiger partial charge in [-0.1, -0.05) is 0 Å². The Bertz CT molecular complexity index is 1420. The molecule has 2 aromatic heterocycles. The minimum absolute atomic E-state index is 0.00372. The van der Waals surface area contributed by atoms with Crippen LogP contribution in [0.4, 0.5) is 17.2 Å². The van der Waals surface area contributed by atoms with Gasteiger partial charge in [-0.05, 0) is 67.9 Å². The summed E-state index contributed by atoms with van der Waals surface area (Å²) in [4.78, 5) is 17.7. The zero-order valence-corrected chi connectivity index (χ0v) is 19.4. The first-order valence-electron chi connectivity index (χ1n) is 11.4. The van der Waals surface area contributed by atoms with Gasteiger partial charge in [0.25, 0.3) is 6.02 Å². The van der Waals surface area contributed by atoms with Gasteiger partial charge in [0, 0.05) is 22.5 Å². The summed E-state index contributed by atoms with van der Waals surface area (Å²) in [6.07, 6.45) is 3.27. The number of benzene rings is 2. The van der Waals surface area contributed by atoms with Gasteiger partial charge in [0.05, 0.1) is 24.9 Å². The molecule has 2 atom stereocenters. The predicted molar refractivity (Wildman–Crippen MR) is 134 cm³/mol. The van der Waals surface area contributed by atoms with Crippen LogP contribution >= 0.6 is 0 Å². The van der Waals surface area contributed by atoms with Crippen LogP contribution in [0, 0.1) is 13.8 Å². The molecule has 6 rings (SSSR count). The number of pyridine rings is 1. The van der Waals surface area contributed by atoms with E-state index in [0.29, 0.717) is 30.8 Å². The highest BCUT2D eigenvalue weighted by Gasteiger charge is 2.36. The average Bonchev–Trinajstić information content (AvgIpc) is 3.44. The molecule has 4 heterocycles. The molecule has 0 amide bonds. The van der Waals surface area contributed by atoms with Gasteiger partial charge in [-0.25, -0.2) is 15.0 Å². The Morgan fingerprint density at radius 2 is 1.80 bits per heavy atom. The van der Waals surface area contributed by atoms with Crippen LogP contribution in [0.15, 0.2) is 66.0 Å². The number of nitrogens with zero attached hydrogens (tertiary/aromatic N) is 4. The normalized spacial score (nSPS) is 18.6. The van der Waals surface area contributed by atoms with E-state index < -0.39 is 0 Å². The van der Waals surface area contributed by atoms with Crippen LogP contribution < -0.4 is 15.4 Å². The summed E-state index contributed by atoms with van der Waals surface area (Å²) in [7, 11) is 0. The molecule has 0 bridgehead atoms. The number of amidine groups is 1. The summed E-state index contributed by atoms with van der Waals surface area (Å²) in [6, 6.07) is 16.2. The van der Waals surface area contributed by atoms with Gasteiger partial charge in [-0.3, -0.25) is 4.98 Å². The van der Waals surface area contributed by atoms with Gasteiger partial charge in [0.15, 0.2) is 0 Å². The van der Waals surface area contributed by atoms with Gasteiger partial charge in [0.1, 0.15) is 35.8 Å². The van der Waals surface area contributed by atoms with E-state index in [-0.39, 0.29) is 12.1 Å². The molecule has 4 aromatic rings. The van der Waals surface area contributed by atoms with Crippen molar-refractivity contribution in [3.8, 4) is 11.5 Å². The molecule has 2 aromatic carbocycles. The predicted octanol–water partition coefficient (Wildman–Crippen LogP) is 4.74. The van der Waals surface area contributed by atoms with Gasteiger partial charge < -0.3 is 24.8 Å². The van der Waals surface area contributed by atoms with Crippen molar-refractivity contribution in [2.75, 3.05) is 23.8 Å². The van der Waals surface area contributed by atoms with Gasteiger partial charge in [0.2, 0.25) is 0 Å². The molecule has 2 unspecified atom stereocenters. The number of aliphatic imine (C=N–C) groups is 1. The first-order chi connectivity index (χ1) is 17.1. The van der Waals surface area contributed by atoms with Crippen LogP contribution in [0.2, 0.25) is 0 Å². The molecule has 1 fully saturated rings. The van der Waals surface area contributed by atoms with Gasteiger partial charge >= 0.3 is 0 Å². The summed E-state index contributed by atoms with van der Waals surface area (Å²) >= 11 is 0. The largest absolute Gasteiger partial charge is 0.457 e. The topological polar surface area (TPSA) is 103 Å². The van der Waals surface area contributed by atoms with Crippen molar-refractivity contribution in [1.29, 1.82) is 0 Å². The fraction of sp³-hybridized carbons (Fsp3) is 0.231. The van der Waals surface area contributed by atoms with E-state index in [1.165, 1.54) is 0 Å². The molecule has 0 spiro atoms. The Labute approximate surface area is 202 Å². The van der Waals surface area contributed by atoms with E-state index in [9.17, 15) is 0 Å². The molecule has 0 aliphatic carbocycles. The number of fused-ring (bicyclic) bond motifs is 2. The van der Waals surface area contributed by atoms with E-state index in [1.54, 1.807) is 12.5 Å². The molecule has 176 valence electrons. The molecule has 9 heteroatoms.